The summed E-state index contributed by atoms with van der Waals surface area (Å²) in [6, 6.07) is 4.89. The average Bonchev–Trinajstić information content (AvgIpc) is 2.51. The van der Waals surface area contributed by atoms with Crippen LogP contribution in [0, 0.1) is 0 Å². The van der Waals surface area contributed by atoms with E-state index in [1.807, 2.05) is 0 Å². The molecule has 1 aromatic rings. The normalized spacial score (nSPS) is 10.1. The Kier molecular flexibility index (Phi) is 7.81. The van der Waals surface area contributed by atoms with Gasteiger partial charge in [-0.3, -0.25) is 4.79 Å². The number of esters is 2. The maximum Gasteiger partial charge on any atom is 0.340 e. The van der Waals surface area contributed by atoms with Crippen molar-refractivity contribution in [2.45, 2.75) is 32.6 Å². The van der Waals surface area contributed by atoms with Crippen LogP contribution in [0.5, 0.6) is 5.75 Å². The van der Waals surface area contributed by atoms with Crippen LogP contribution in [0.1, 0.15) is 43.0 Å². The molecule has 0 amide bonds. The van der Waals surface area contributed by atoms with Gasteiger partial charge in [-0.2, -0.15) is 0 Å². The molecule has 0 saturated carbocycles. The van der Waals surface area contributed by atoms with Crippen LogP contribution >= 0.6 is 0 Å². The van der Waals surface area contributed by atoms with E-state index in [1.54, 1.807) is 25.1 Å². The lowest BCUT2D eigenvalue weighted by molar-refractivity contribution is -0.143. The van der Waals surface area contributed by atoms with Gasteiger partial charge in [-0.25, -0.2) is 4.79 Å². The minimum Gasteiger partial charge on any atom is -0.494 e. The van der Waals surface area contributed by atoms with Gasteiger partial charge in [0.05, 0.1) is 25.9 Å². The number of carbonyl (C=O) groups is 2. The molecule has 0 spiro atoms. The predicted octanol–water partition coefficient (Wildman–Crippen LogP) is 2.56. The molecular weight excluding hydrogens is 286 g/mol. The number of unbranched alkanes of at least 4 members (excludes halogenated alkanes) is 2. The van der Waals surface area contributed by atoms with E-state index >= 15 is 0 Å². The molecule has 22 heavy (non-hydrogen) atoms. The Morgan fingerprint density at radius 3 is 2.64 bits per heavy atom. The van der Waals surface area contributed by atoms with Crippen molar-refractivity contribution in [3.63, 3.8) is 0 Å². The number of methoxy groups -OCH3 is 1. The number of nitrogen functional groups attached to an aromatic ring is 1. The second kappa shape index (κ2) is 9.65. The van der Waals surface area contributed by atoms with Crippen LogP contribution < -0.4 is 10.5 Å². The third-order valence-electron chi connectivity index (χ3n) is 3.03. The summed E-state index contributed by atoms with van der Waals surface area (Å²) in [7, 11) is 1.30. The SMILES string of the molecule is CCOC(=O)CCCCCOc1ccc(N)c(C(=O)OC)c1. The van der Waals surface area contributed by atoms with Crippen LogP contribution in [0.15, 0.2) is 18.2 Å². The fourth-order valence-corrected chi connectivity index (χ4v) is 1.88. The smallest absolute Gasteiger partial charge is 0.340 e. The largest absolute Gasteiger partial charge is 0.494 e. The first-order valence-corrected chi connectivity index (χ1v) is 7.34. The van der Waals surface area contributed by atoms with Crippen molar-refractivity contribution in [3.05, 3.63) is 23.8 Å². The second-order valence-corrected chi connectivity index (χ2v) is 4.70. The Morgan fingerprint density at radius 1 is 1.18 bits per heavy atom. The van der Waals surface area contributed by atoms with Gasteiger partial charge in [0, 0.05) is 12.1 Å². The zero-order chi connectivity index (χ0) is 16.4. The number of carbonyl (C=O) groups excluding carboxylic acids is 2. The number of benzene rings is 1. The molecule has 0 aliphatic carbocycles. The number of nitrogens with two attached hydrogens (primary N) is 1. The molecular formula is C16H23NO5. The van der Waals surface area contributed by atoms with Crippen LogP contribution in [0.2, 0.25) is 0 Å². The maximum absolute atomic E-state index is 11.5. The molecule has 2 N–H and O–H groups in total. The lowest BCUT2D eigenvalue weighted by Gasteiger charge is -2.09. The highest BCUT2D eigenvalue weighted by molar-refractivity contribution is 5.95. The molecule has 6 nitrogen and oxygen atoms in total. The number of anilines is 1. The Morgan fingerprint density at radius 2 is 1.95 bits per heavy atom. The minimum absolute atomic E-state index is 0.162. The minimum atomic E-state index is -0.489. The lowest BCUT2D eigenvalue weighted by atomic mass is 10.1. The highest BCUT2D eigenvalue weighted by Gasteiger charge is 2.11. The quantitative estimate of drug-likeness (QED) is 0.428. The molecule has 1 aromatic carbocycles. The van der Waals surface area contributed by atoms with E-state index in [0.717, 1.165) is 19.3 Å². The third-order valence-corrected chi connectivity index (χ3v) is 3.03. The van der Waals surface area contributed by atoms with Crippen molar-refractivity contribution in [2.24, 2.45) is 0 Å². The van der Waals surface area contributed by atoms with E-state index in [2.05, 4.69) is 4.74 Å². The summed E-state index contributed by atoms with van der Waals surface area (Å²) in [4.78, 5) is 22.7. The molecule has 0 aliphatic rings. The van der Waals surface area contributed by atoms with Gasteiger partial charge in [-0.15, -0.1) is 0 Å². The van der Waals surface area contributed by atoms with Crippen molar-refractivity contribution in [2.75, 3.05) is 26.1 Å². The Bertz CT molecular complexity index is 501. The van der Waals surface area contributed by atoms with Gasteiger partial charge in [0.1, 0.15) is 5.75 Å². The van der Waals surface area contributed by atoms with Gasteiger partial charge in [-0.1, -0.05) is 0 Å². The summed E-state index contributed by atoms with van der Waals surface area (Å²) in [5.74, 6) is -0.0814. The monoisotopic (exact) mass is 309 g/mol. The van der Waals surface area contributed by atoms with Gasteiger partial charge in [0.25, 0.3) is 0 Å². The number of hydrogen-bond acceptors (Lipinski definition) is 6. The Hall–Kier alpha value is -2.24. The van der Waals surface area contributed by atoms with Crippen molar-refractivity contribution in [1.29, 1.82) is 0 Å². The first-order chi connectivity index (χ1) is 10.6. The van der Waals surface area contributed by atoms with E-state index in [4.69, 9.17) is 15.2 Å². The summed E-state index contributed by atoms with van der Waals surface area (Å²) >= 11 is 0. The lowest BCUT2D eigenvalue weighted by Crippen LogP contribution is -2.07. The van der Waals surface area contributed by atoms with E-state index in [1.165, 1.54) is 7.11 Å². The van der Waals surface area contributed by atoms with E-state index < -0.39 is 5.97 Å². The third kappa shape index (κ3) is 6.03. The molecule has 0 aromatic heterocycles. The number of ether oxygens (including phenoxy) is 3. The summed E-state index contributed by atoms with van der Waals surface area (Å²) in [6.07, 6.45) is 2.90. The standard InChI is InChI=1S/C16H23NO5/c1-3-21-15(18)7-5-4-6-10-22-12-8-9-14(17)13(11-12)16(19)20-2/h8-9,11H,3-7,10,17H2,1-2H3. The average molecular weight is 309 g/mol. The predicted molar refractivity (Wildman–Crippen MR) is 82.8 cm³/mol. The van der Waals surface area contributed by atoms with Gasteiger partial charge in [0.2, 0.25) is 0 Å². The van der Waals surface area contributed by atoms with E-state index in [-0.39, 0.29) is 5.97 Å². The second-order valence-electron chi connectivity index (χ2n) is 4.70. The molecule has 0 heterocycles. The van der Waals surface area contributed by atoms with Gasteiger partial charge >= 0.3 is 11.9 Å². The molecule has 0 fully saturated rings. The molecule has 0 aliphatic heterocycles. The fraction of sp³-hybridized carbons (Fsp3) is 0.500. The van der Waals surface area contributed by atoms with Crippen LogP contribution in [-0.2, 0) is 14.3 Å². The molecule has 1 rings (SSSR count). The highest BCUT2D eigenvalue weighted by Crippen LogP contribution is 2.20. The van der Waals surface area contributed by atoms with Crippen LogP contribution in [-0.4, -0.2) is 32.3 Å². The van der Waals surface area contributed by atoms with Crippen LogP contribution in [0.25, 0.3) is 0 Å². The topological polar surface area (TPSA) is 87.9 Å². The molecule has 0 unspecified atom stereocenters. The Labute approximate surface area is 130 Å². The first kappa shape index (κ1) is 17.8. The molecule has 122 valence electrons. The molecule has 0 saturated heterocycles. The van der Waals surface area contributed by atoms with Gasteiger partial charge < -0.3 is 19.9 Å². The van der Waals surface area contributed by atoms with Crippen LogP contribution in [0.3, 0.4) is 0 Å². The summed E-state index contributed by atoms with van der Waals surface area (Å²) in [5, 5.41) is 0. The summed E-state index contributed by atoms with van der Waals surface area (Å²) in [5.41, 5.74) is 6.36. The van der Waals surface area contributed by atoms with Gasteiger partial charge in [0.15, 0.2) is 0 Å². The zero-order valence-electron chi connectivity index (χ0n) is 13.1. The summed E-state index contributed by atoms with van der Waals surface area (Å²) in [6.45, 7) is 2.72. The van der Waals surface area contributed by atoms with E-state index in [0.29, 0.717) is 36.6 Å². The molecule has 6 heteroatoms. The Balaban J connectivity index is 2.31. The fourth-order valence-electron chi connectivity index (χ4n) is 1.88. The maximum atomic E-state index is 11.5. The zero-order valence-corrected chi connectivity index (χ0v) is 13.1. The molecule has 0 radical (unpaired) electrons. The first-order valence-electron chi connectivity index (χ1n) is 7.34. The molecule has 0 atom stereocenters. The number of hydrogen-bond donors (Lipinski definition) is 1. The van der Waals surface area contributed by atoms with E-state index in [9.17, 15) is 9.59 Å². The van der Waals surface area contributed by atoms with Crippen molar-refractivity contribution in [3.8, 4) is 5.75 Å². The van der Waals surface area contributed by atoms with Crippen LogP contribution in [0.4, 0.5) is 5.69 Å². The molecule has 0 bridgehead atoms. The van der Waals surface area contributed by atoms with Crippen molar-refractivity contribution >= 4 is 17.6 Å². The van der Waals surface area contributed by atoms with Crippen molar-refractivity contribution in [1.82, 2.24) is 0 Å². The van der Waals surface area contributed by atoms with Crippen molar-refractivity contribution < 1.29 is 23.8 Å². The van der Waals surface area contributed by atoms with Gasteiger partial charge in [-0.05, 0) is 44.4 Å². The summed E-state index contributed by atoms with van der Waals surface area (Å²) < 4.78 is 15.1. The highest BCUT2D eigenvalue weighted by atomic mass is 16.5. The number of rotatable bonds is 9.